The summed E-state index contributed by atoms with van der Waals surface area (Å²) in [7, 11) is 0. The van der Waals surface area contributed by atoms with Gasteiger partial charge in [-0.2, -0.15) is 12.6 Å². The average Bonchev–Trinajstić information content (AvgIpc) is 2.90. The largest absolute Gasteiger partial charge is 0.289 e. The molecular formula is C14H20N2OS. The van der Waals surface area contributed by atoms with E-state index in [1.807, 2.05) is 23.2 Å². The molecule has 1 fully saturated rings. The molecule has 1 aromatic rings. The third-order valence-corrected chi connectivity index (χ3v) is 3.75. The Kier molecular flexibility index (Phi) is 5.08. The first-order valence-electron chi connectivity index (χ1n) is 6.50. The Hall–Kier alpha value is -1.00. The van der Waals surface area contributed by atoms with E-state index in [1.165, 1.54) is 18.4 Å². The van der Waals surface area contributed by atoms with Crippen LogP contribution >= 0.6 is 12.6 Å². The quantitative estimate of drug-likeness (QED) is 0.799. The summed E-state index contributed by atoms with van der Waals surface area (Å²) in [6, 6.07) is 10.1. The predicted molar refractivity (Wildman–Crippen MR) is 76.6 cm³/mol. The Morgan fingerprint density at radius 1 is 1.28 bits per heavy atom. The Morgan fingerprint density at radius 3 is 2.56 bits per heavy atom. The lowest BCUT2D eigenvalue weighted by molar-refractivity contribution is -0.125. The maximum absolute atomic E-state index is 12.0. The van der Waals surface area contributed by atoms with E-state index in [9.17, 15) is 4.79 Å². The normalized spacial score (nSPS) is 17.6. The van der Waals surface area contributed by atoms with Crippen LogP contribution < -0.4 is 5.43 Å². The number of thiol groups is 1. The lowest BCUT2D eigenvalue weighted by Gasteiger charge is -2.19. The average molecular weight is 264 g/mol. The number of rotatable bonds is 5. The van der Waals surface area contributed by atoms with Gasteiger partial charge in [0, 0.05) is 25.4 Å². The highest BCUT2D eigenvalue weighted by atomic mass is 32.1. The van der Waals surface area contributed by atoms with E-state index in [4.69, 9.17) is 0 Å². The summed E-state index contributed by atoms with van der Waals surface area (Å²) in [5.41, 5.74) is 4.16. The smallest absolute Gasteiger partial charge is 0.234 e. The first-order valence-corrected chi connectivity index (χ1v) is 7.13. The van der Waals surface area contributed by atoms with Crippen molar-refractivity contribution in [2.24, 2.45) is 0 Å². The third-order valence-electron chi connectivity index (χ3n) is 3.31. The Morgan fingerprint density at radius 2 is 1.94 bits per heavy atom. The van der Waals surface area contributed by atoms with Crippen LogP contribution in [0, 0.1) is 0 Å². The number of amides is 1. The Balaban J connectivity index is 1.87. The third kappa shape index (κ3) is 3.75. The van der Waals surface area contributed by atoms with E-state index in [-0.39, 0.29) is 11.8 Å². The van der Waals surface area contributed by atoms with Crippen LogP contribution in [0.15, 0.2) is 30.3 Å². The van der Waals surface area contributed by atoms with E-state index >= 15 is 0 Å². The summed E-state index contributed by atoms with van der Waals surface area (Å²) < 4.78 is 0. The molecular weight excluding hydrogens is 244 g/mol. The van der Waals surface area contributed by atoms with Crippen molar-refractivity contribution in [3.8, 4) is 0 Å². The summed E-state index contributed by atoms with van der Waals surface area (Å²) in [5.74, 6) is 0.981. The van der Waals surface area contributed by atoms with E-state index in [1.54, 1.807) is 0 Å². The van der Waals surface area contributed by atoms with E-state index in [2.05, 4.69) is 30.2 Å². The molecule has 1 N–H and O–H groups in total. The second-order valence-electron chi connectivity index (χ2n) is 4.72. The minimum absolute atomic E-state index is 0.0970. The topological polar surface area (TPSA) is 32.3 Å². The van der Waals surface area contributed by atoms with Crippen molar-refractivity contribution < 1.29 is 4.79 Å². The first-order chi connectivity index (χ1) is 8.79. The van der Waals surface area contributed by atoms with Gasteiger partial charge in [0.2, 0.25) is 5.91 Å². The molecule has 4 heteroatoms. The van der Waals surface area contributed by atoms with Crippen LogP contribution in [-0.2, 0) is 4.79 Å². The molecule has 0 spiro atoms. The van der Waals surface area contributed by atoms with Gasteiger partial charge in [-0.1, -0.05) is 30.3 Å². The summed E-state index contributed by atoms with van der Waals surface area (Å²) in [6.07, 6.45) is 2.86. The second kappa shape index (κ2) is 6.81. The molecule has 18 heavy (non-hydrogen) atoms. The molecule has 0 radical (unpaired) electrons. The highest BCUT2D eigenvalue weighted by Gasteiger charge is 2.18. The summed E-state index contributed by atoms with van der Waals surface area (Å²) in [5, 5.41) is 2.02. The first kappa shape index (κ1) is 13.4. The van der Waals surface area contributed by atoms with E-state index in [0.717, 1.165) is 13.1 Å². The number of hydrazine groups is 1. The van der Waals surface area contributed by atoms with Gasteiger partial charge in [-0.15, -0.1) is 0 Å². The van der Waals surface area contributed by atoms with Gasteiger partial charge in [0.05, 0.1) is 0 Å². The lowest BCUT2D eigenvalue weighted by atomic mass is 9.97. The molecule has 98 valence electrons. The van der Waals surface area contributed by atoms with Crippen molar-refractivity contribution >= 4 is 18.5 Å². The minimum atomic E-state index is 0.0970. The fraction of sp³-hybridized carbons (Fsp3) is 0.500. The highest BCUT2D eigenvalue weighted by molar-refractivity contribution is 7.80. The van der Waals surface area contributed by atoms with Gasteiger partial charge in [-0.3, -0.25) is 10.2 Å². The van der Waals surface area contributed by atoms with Crippen molar-refractivity contribution in [3.05, 3.63) is 35.9 Å². The molecule has 1 saturated heterocycles. The SMILES string of the molecule is O=C(CC(CS)c1ccccc1)NN1CCCC1. The maximum atomic E-state index is 12.0. The molecule has 1 aliphatic rings. The predicted octanol–water partition coefficient (Wildman–Crippen LogP) is 2.22. The van der Waals surface area contributed by atoms with E-state index < -0.39 is 0 Å². The van der Waals surface area contributed by atoms with Crippen LogP contribution in [0.5, 0.6) is 0 Å². The maximum Gasteiger partial charge on any atom is 0.234 e. The molecule has 1 atom stereocenters. The number of nitrogens with zero attached hydrogens (tertiary/aromatic N) is 1. The Labute approximate surface area is 114 Å². The van der Waals surface area contributed by atoms with Crippen molar-refractivity contribution in [1.82, 2.24) is 10.4 Å². The monoisotopic (exact) mass is 264 g/mol. The number of nitrogens with one attached hydrogen (secondary N) is 1. The fourth-order valence-corrected chi connectivity index (χ4v) is 2.63. The van der Waals surface area contributed by atoms with Gasteiger partial charge in [0.25, 0.3) is 0 Å². The summed E-state index contributed by atoms with van der Waals surface area (Å²) in [6.45, 7) is 1.95. The van der Waals surface area contributed by atoms with Crippen molar-refractivity contribution in [1.29, 1.82) is 0 Å². The van der Waals surface area contributed by atoms with Crippen LogP contribution in [-0.4, -0.2) is 29.8 Å². The Bertz CT molecular complexity index is 377. The molecule has 0 aliphatic carbocycles. The summed E-state index contributed by atoms with van der Waals surface area (Å²) in [4.78, 5) is 12.0. The van der Waals surface area contributed by atoms with Crippen molar-refractivity contribution in [2.75, 3.05) is 18.8 Å². The van der Waals surface area contributed by atoms with Gasteiger partial charge in [0.15, 0.2) is 0 Å². The van der Waals surface area contributed by atoms with Crippen LogP contribution in [0.25, 0.3) is 0 Å². The van der Waals surface area contributed by atoms with Crippen LogP contribution in [0.2, 0.25) is 0 Å². The van der Waals surface area contributed by atoms with Crippen molar-refractivity contribution in [3.63, 3.8) is 0 Å². The lowest BCUT2D eigenvalue weighted by Crippen LogP contribution is -2.40. The molecule has 0 saturated carbocycles. The molecule has 1 heterocycles. The zero-order chi connectivity index (χ0) is 12.8. The number of hydrogen-bond donors (Lipinski definition) is 2. The van der Waals surface area contributed by atoms with E-state index in [0.29, 0.717) is 12.2 Å². The molecule has 3 nitrogen and oxygen atoms in total. The van der Waals surface area contributed by atoms with Crippen LogP contribution in [0.1, 0.15) is 30.7 Å². The molecule has 1 aliphatic heterocycles. The highest BCUT2D eigenvalue weighted by Crippen LogP contribution is 2.20. The molecule has 0 bridgehead atoms. The molecule has 2 rings (SSSR count). The van der Waals surface area contributed by atoms with Gasteiger partial charge >= 0.3 is 0 Å². The standard InChI is InChI=1S/C14H20N2OS/c17-14(15-16-8-4-5-9-16)10-13(11-18)12-6-2-1-3-7-12/h1-3,6-7,13,18H,4-5,8-11H2,(H,15,17). The minimum Gasteiger partial charge on any atom is -0.289 e. The van der Waals surface area contributed by atoms with Gasteiger partial charge < -0.3 is 0 Å². The molecule has 0 aromatic heterocycles. The van der Waals surface area contributed by atoms with Crippen LogP contribution in [0.3, 0.4) is 0 Å². The molecule has 1 aromatic carbocycles. The van der Waals surface area contributed by atoms with Gasteiger partial charge in [-0.05, 0) is 24.2 Å². The molecule has 1 unspecified atom stereocenters. The number of hydrogen-bond acceptors (Lipinski definition) is 3. The number of benzene rings is 1. The molecule has 1 amide bonds. The zero-order valence-electron chi connectivity index (χ0n) is 10.5. The second-order valence-corrected chi connectivity index (χ2v) is 5.09. The fourth-order valence-electron chi connectivity index (χ4n) is 2.29. The van der Waals surface area contributed by atoms with Gasteiger partial charge in [-0.25, -0.2) is 5.01 Å². The van der Waals surface area contributed by atoms with Crippen molar-refractivity contribution in [2.45, 2.75) is 25.2 Å². The van der Waals surface area contributed by atoms with Gasteiger partial charge in [0.1, 0.15) is 0 Å². The zero-order valence-corrected chi connectivity index (χ0v) is 11.4. The van der Waals surface area contributed by atoms with Crippen LogP contribution in [0.4, 0.5) is 0 Å². The number of carbonyl (C=O) groups is 1. The number of carbonyl (C=O) groups excluding carboxylic acids is 1. The summed E-state index contributed by atoms with van der Waals surface area (Å²) >= 11 is 4.36.